The molecule has 4 aromatic carbocycles. The van der Waals surface area contributed by atoms with E-state index in [0.717, 1.165) is 100 Å². The summed E-state index contributed by atoms with van der Waals surface area (Å²) in [5.74, 6) is 0.884. The van der Waals surface area contributed by atoms with Crippen molar-refractivity contribution >= 4 is 34.3 Å². The van der Waals surface area contributed by atoms with Crippen LogP contribution >= 0.6 is 0 Å². The standard InChI is InChI=1S/C38H43N3O3S.C4H10O.CH4O/c1-26-8-10-29(11-9-26)36-28(3)37-35-17-14-32(24-30(35)25-41(45(4)43)38(37)27(2)34(36)18-22-42)39-31-12-15-33(16-13-31)44-23-7-21-40-19-5-6-20-40;1-4(2,3)5;1-2/h8-17,22,24,39H,5-7,18-21,23,25H2,1-4H3;5H,1-3H3;2H,1H3. The summed E-state index contributed by atoms with van der Waals surface area (Å²) >= 11 is 0. The Bertz CT molecular complexity index is 1810. The summed E-state index contributed by atoms with van der Waals surface area (Å²) in [6.07, 6.45) is 6.70. The highest BCUT2D eigenvalue weighted by Gasteiger charge is 2.31. The molecule has 1 unspecified atom stereocenters. The minimum atomic E-state index is -1.25. The van der Waals surface area contributed by atoms with Gasteiger partial charge in [0.1, 0.15) is 23.0 Å². The molecule has 2 heterocycles. The third-order valence-corrected chi connectivity index (χ3v) is 10.1. The number of hydrogen-bond donors (Lipinski definition) is 3. The Labute approximate surface area is 313 Å². The Hall–Kier alpha value is -4.02. The maximum atomic E-state index is 13.2. The van der Waals surface area contributed by atoms with E-state index in [2.05, 4.69) is 73.5 Å². The smallest absolute Gasteiger partial charge is 0.124 e. The van der Waals surface area contributed by atoms with Crippen molar-refractivity contribution in [3.05, 3.63) is 94.5 Å². The van der Waals surface area contributed by atoms with E-state index >= 15 is 0 Å². The molecule has 0 aromatic heterocycles. The predicted molar refractivity (Wildman–Crippen MR) is 217 cm³/mol. The molecule has 8 nitrogen and oxygen atoms in total. The summed E-state index contributed by atoms with van der Waals surface area (Å²) in [5.41, 5.74) is 12.3. The zero-order valence-electron chi connectivity index (χ0n) is 32.2. The Morgan fingerprint density at radius 3 is 2.10 bits per heavy atom. The van der Waals surface area contributed by atoms with Crippen molar-refractivity contribution in [2.75, 3.05) is 49.2 Å². The summed E-state index contributed by atoms with van der Waals surface area (Å²) < 4.78 is 21.2. The molecule has 0 aliphatic carbocycles. The maximum Gasteiger partial charge on any atom is 0.124 e. The molecule has 1 saturated heterocycles. The van der Waals surface area contributed by atoms with E-state index in [1.54, 1.807) is 27.0 Å². The Morgan fingerprint density at radius 1 is 0.885 bits per heavy atom. The van der Waals surface area contributed by atoms with Crippen molar-refractivity contribution in [2.24, 2.45) is 0 Å². The van der Waals surface area contributed by atoms with Crippen LogP contribution in [0.3, 0.4) is 0 Å². The molecule has 1 atom stereocenters. The molecular weight excluding hydrogens is 671 g/mol. The molecule has 2 aliphatic rings. The van der Waals surface area contributed by atoms with Crippen molar-refractivity contribution in [3.8, 4) is 28.0 Å². The lowest BCUT2D eigenvalue weighted by Gasteiger charge is -2.35. The molecule has 0 saturated carbocycles. The number of aliphatic hydroxyl groups is 2. The first-order valence-corrected chi connectivity index (χ1v) is 19.7. The van der Waals surface area contributed by atoms with Crippen LogP contribution < -0.4 is 14.4 Å². The number of hydrogen-bond acceptors (Lipinski definition) is 7. The average molecular weight is 728 g/mol. The lowest BCUT2D eigenvalue weighted by Crippen LogP contribution is -2.30. The molecule has 1 fully saturated rings. The molecular formula is C43H57N3O5S. The molecule has 52 heavy (non-hydrogen) atoms. The maximum absolute atomic E-state index is 13.2. The van der Waals surface area contributed by atoms with Gasteiger partial charge in [0.15, 0.2) is 0 Å². The SMILES string of the molecule is CC(C)(C)O.CO.Cc1ccc(-c2c(C)c3c(c(C)c2CC=O)N(S(C)=O)Cc2cc(Nc4ccc(OCCCN5CCCC5)cc4)ccc2-3)cc1. The number of fused-ring (bicyclic) bond motifs is 3. The van der Waals surface area contributed by atoms with Gasteiger partial charge in [-0.25, -0.2) is 4.21 Å². The van der Waals surface area contributed by atoms with Crippen molar-refractivity contribution < 1.29 is 24.0 Å². The minimum Gasteiger partial charge on any atom is -0.494 e. The van der Waals surface area contributed by atoms with Gasteiger partial charge in [-0.3, -0.25) is 4.31 Å². The summed E-state index contributed by atoms with van der Waals surface area (Å²) in [7, 11) is -0.250. The number of benzene rings is 4. The number of ether oxygens (including phenoxy) is 1. The Morgan fingerprint density at radius 2 is 1.50 bits per heavy atom. The molecule has 9 heteroatoms. The second-order valence-corrected chi connectivity index (χ2v) is 15.8. The number of aliphatic hydroxyl groups excluding tert-OH is 1. The van der Waals surface area contributed by atoms with E-state index in [4.69, 9.17) is 14.9 Å². The van der Waals surface area contributed by atoms with Gasteiger partial charge in [0.2, 0.25) is 0 Å². The molecule has 0 amide bonds. The third-order valence-electron chi connectivity index (χ3n) is 9.20. The molecule has 6 rings (SSSR count). The number of likely N-dealkylation sites (tertiary alicyclic amines) is 1. The molecule has 4 aromatic rings. The number of aldehydes is 1. The number of carbonyl (C=O) groups excluding carboxylic acids is 1. The monoisotopic (exact) mass is 727 g/mol. The van der Waals surface area contributed by atoms with Crippen molar-refractivity contribution in [3.63, 3.8) is 0 Å². The molecule has 0 spiro atoms. The van der Waals surface area contributed by atoms with Gasteiger partial charge >= 0.3 is 0 Å². The van der Waals surface area contributed by atoms with E-state index in [0.29, 0.717) is 13.0 Å². The summed E-state index contributed by atoms with van der Waals surface area (Å²) in [4.78, 5) is 14.4. The van der Waals surface area contributed by atoms with Crippen LogP contribution in [0.4, 0.5) is 17.1 Å². The number of rotatable bonds is 11. The van der Waals surface area contributed by atoms with E-state index in [1.807, 2.05) is 28.6 Å². The largest absolute Gasteiger partial charge is 0.494 e. The molecule has 0 bridgehead atoms. The Kier molecular flexibility index (Phi) is 14.6. The van der Waals surface area contributed by atoms with Gasteiger partial charge < -0.3 is 30.0 Å². The molecule has 0 radical (unpaired) electrons. The van der Waals surface area contributed by atoms with Crippen LogP contribution in [0, 0.1) is 20.8 Å². The summed E-state index contributed by atoms with van der Waals surface area (Å²) in [6.45, 7) is 16.3. The predicted octanol–water partition coefficient (Wildman–Crippen LogP) is 8.29. The van der Waals surface area contributed by atoms with Gasteiger partial charge in [-0.05, 0) is 149 Å². The minimum absolute atomic E-state index is 0.311. The topological polar surface area (TPSA) is 102 Å². The van der Waals surface area contributed by atoms with Crippen LogP contribution in [0.15, 0.2) is 66.7 Å². The third kappa shape index (κ3) is 10.5. The van der Waals surface area contributed by atoms with Crippen molar-refractivity contribution in [1.82, 2.24) is 4.90 Å². The van der Waals surface area contributed by atoms with E-state index < -0.39 is 16.6 Å². The Balaban J connectivity index is 0.000000797. The summed E-state index contributed by atoms with van der Waals surface area (Å²) in [5, 5.41) is 19.1. The van der Waals surface area contributed by atoms with Crippen molar-refractivity contribution in [2.45, 2.75) is 79.4 Å². The first-order valence-electron chi connectivity index (χ1n) is 18.1. The molecule has 3 N–H and O–H groups in total. The first-order chi connectivity index (χ1) is 24.8. The number of nitrogens with zero attached hydrogens (tertiary/aromatic N) is 2. The second-order valence-electron chi connectivity index (χ2n) is 14.5. The van der Waals surface area contributed by atoms with Gasteiger partial charge in [0.05, 0.1) is 24.4 Å². The lowest BCUT2D eigenvalue weighted by molar-refractivity contribution is -0.107. The van der Waals surface area contributed by atoms with Gasteiger partial charge in [-0.15, -0.1) is 0 Å². The van der Waals surface area contributed by atoms with Gasteiger partial charge in [0.25, 0.3) is 0 Å². The lowest BCUT2D eigenvalue weighted by atomic mass is 9.81. The van der Waals surface area contributed by atoms with Crippen molar-refractivity contribution in [1.29, 1.82) is 0 Å². The van der Waals surface area contributed by atoms with Crippen LogP contribution in [-0.4, -0.2) is 70.8 Å². The number of nitrogens with one attached hydrogen (secondary N) is 1. The fourth-order valence-corrected chi connectivity index (χ4v) is 7.73. The van der Waals surface area contributed by atoms with Crippen LogP contribution in [0.25, 0.3) is 22.3 Å². The zero-order chi connectivity index (χ0) is 38.0. The fourth-order valence-electron chi connectivity index (χ4n) is 6.92. The van der Waals surface area contributed by atoms with Gasteiger partial charge in [-0.2, -0.15) is 0 Å². The fraction of sp³-hybridized carbons (Fsp3) is 0.419. The number of anilines is 3. The van der Waals surface area contributed by atoms with Crippen LogP contribution in [0.2, 0.25) is 0 Å². The highest BCUT2D eigenvalue weighted by Crippen LogP contribution is 2.49. The number of aryl methyl sites for hydroxylation is 1. The molecule has 280 valence electrons. The molecule has 2 aliphatic heterocycles. The summed E-state index contributed by atoms with van der Waals surface area (Å²) in [6, 6.07) is 23.1. The first kappa shape index (κ1) is 40.7. The van der Waals surface area contributed by atoms with E-state index in [-0.39, 0.29) is 0 Å². The second kappa shape index (κ2) is 18.6. The zero-order valence-corrected chi connectivity index (χ0v) is 33.0. The van der Waals surface area contributed by atoms with Gasteiger partial charge in [-0.1, -0.05) is 35.9 Å². The quantitative estimate of drug-likeness (QED) is 0.106. The van der Waals surface area contributed by atoms with Crippen LogP contribution in [-0.2, 0) is 28.7 Å². The van der Waals surface area contributed by atoms with Crippen LogP contribution in [0.5, 0.6) is 5.75 Å². The van der Waals surface area contributed by atoms with E-state index in [9.17, 15) is 9.00 Å². The van der Waals surface area contributed by atoms with Crippen LogP contribution in [0.1, 0.15) is 67.9 Å². The average Bonchev–Trinajstić information content (AvgIpc) is 3.63. The van der Waals surface area contributed by atoms with E-state index in [1.165, 1.54) is 31.5 Å². The highest BCUT2D eigenvalue weighted by atomic mass is 32.2. The van der Waals surface area contributed by atoms with Gasteiger partial charge in [0, 0.05) is 43.3 Å². The normalized spacial score (nSPS) is 14.2. The number of carbonyl (C=O) groups is 1. The highest BCUT2D eigenvalue weighted by molar-refractivity contribution is 7.85.